The summed E-state index contributed by atoms with van der Waals surface area (Å²) in [7, 11) is 0. The summed E-state index contributed by atoms with van der Waals surface area (Å²) in [6.07, 6.45) is 10.1. The number of rotatable bonds is 21. The Labute approximate surface area is 351 Å². The van der Waals surface area contributed by atoms with Gasteiger partial charge in [-0.25, -0.2) is 0 Å². The van der Waals surface area contributed by atoms with Gasteiger partial charge in [-0.15, -0.1) is 0 Å². The van der Waals surface area contributed by atoms with Crippen molar-refractivity contribution in [1.29, 1.82) is 0 Å². The Bertz CT molecular complexity index is 1420. The minimum absolute atomic E-state index is 0.0564. The molecule has 0 saturated carbocycles. The Morgan fingerprint density at radius 2 is 0.741 bits per heavy atom. The van der Waals surface area contributed by atoms with Gasteiger partial charge in [0.05, 0.1) is 17.3 Å². The standard InChI is InChI=1S/C47H85N3O8/c1-14-15-16-17-18-19-20-21-22-23-24-45(36(53)54,32-25-39(2,3)48-40(4,5)26-32)47(38(57)58,34-29-43(10,11)50-44(12,13)30-34)46(37(55)56,31-35(51)52)33-27-41(6,7)49-42(8,9)28-33/h32-34,48-50H,14-31H2,1-13H3,(H,51,52)(H,53,54)(H,55,56)(H,57,58). The smallest absolute Gasteiger partial charge is 0.312 e. The summed E-state index contributed by atoms with van der Waals surface area (Å²) < 4.78 is 0. The van der Waals surface area contributed by atoms with E-state index in [-0.39, 0.29) is 32.1 Å². The normalized spacial score (nSPS) is 26.1. The van der Waals surface area contributed by atoms with Crippen LogP contribution in [-0.4, -0.2) is 77.5 Å². The van der Waals surface area contributed by atoms with E-state index in [9.17, 15) is 30.0 Å². The SMILES string of the molecule is CCCCCCCCCCCCC(C(=O)O)(C1CC(C)(C)NC(C)(C)C1)C(C(=O)O)(C1CC(C)(C)NC(C)(C)C1)C(CC(=O)O)(C(=O)O)C1CC(C)(C)NC(C)(C)C1. The molecule has 3 heterocycles. The molecule has 11 heteroatoms. The Balaban J connectivity index is 2.55. The third kappa shape index (κ3) is 10.8. The molecule has 0 aromatic heterocycles. The second-order valence-electron chi connectivity index (χ2n) is 23.2. The number of nitrogens with one attached hydrogen (secondary N) is 3. The van der Waals surface area contributed by atoms with Gasteiger partial charge < -0.3 is 36.4 Å². The highest BCUT2D eigenvalue weighted by Crippen LogP contribution is 2.72. The van der Waals surface area contributed by atoms with E-state index in [2.05, 4.69) is 22.9 Å². The van der Waals surface area contributed by atoms with Crippen LogP contribution < -0.4 is 16.0 Å². The molecule has 3 aliphatic rings. The van der Waals surface area contributed by atoms with E-state index in [0.29, 0.717) is 25.7 Å². The van der Waals surface area contributed by atoms with Crippen molar-refractivity contribution >= 4 is 23.9 Å². The van der Waals surface area contributed by atoms with Gasteiger partial charge in [0.2, 0.25) is 0 Å². The summed E-state index contributed by atoms with van der Waals surface area (Å²) in [5.74, 6) is -8.55. The number of carbonyl (C=O) groups is 4. The summed E-state index contributed by atoms with van der Waals surface area (Å²) in [6, 6.07) is 0. The summed E-state index contributed by atoms with van der Waals surface area (Å²) >= 11 is 0. The minimum Gasteiger partial charge on any atom is -0.481 e. The van der Waals surface area contributed by atoms with Gasteiger partial charge in [-0.1, -0.05) is 71.1 Å². The van der Waals surface area contributed by atoms with Crippen molar-refractivity contribution in [3.05, 3.63) is 0 Å². The predicted molar refractivity (Wildman–Crippen MR) is 231 cm³/mol. The zero-order valence-electron chi connectivity index (χ0n) is 38.9. The van der Waals surface area contributed by atoms with Crippen molar-refractivity contribution < 1.29 is 39.6 Å². The number of hydrogen-bond donors (Lipinski definition) is 7. The first kappa shape index (κ1) is 50.1. The Hall–Kier alpha value is -2.24. The van der Waals surface area contributed by atoms with Crippen molar-refractivity contribution in [2.75, 3.05) is 0 Å². The maximum absolute atomic E-state index is 15.5. The molecule has 0 amide bonds. The van der Waals surface area contributed by atoms with E-state index in [4.69, 9.17) is 0 Å². The fourth-order valence-corrected chi connectivity index (χ4v) is 14.0. The molecule has 0 aromatic carbocycles. The van der Waals surface area contributed by atoms with Crippen molar-refractivity contribution in [1.82, 2.24) is 16.0 Å². The van der Waals surface area contributed by atoms with Crippen LogP contribution in [0.5, 0.6) is 0 Å². The van der Waals surface area contributed by atoms with Gasteiger partial charge in [-0.3, -0.25) is 19.2 Å². The van der Waals surface area contributed by atoms with E-state index in [0.717, 1.165) is 25.7 Å². The fourth-order valence-electron chi connectivity index (χ4n) is 14.0. The van der Waals surface area contributed by atoms with Gasteiger partial charge in [-0.05, 0) is 146 Å². The Kier molecular flexibility index (Phi) is 15.6. The van der Waals surface area contributed by atoms with Crippen molar-refractivity contribution in [2.24, 2.45) is 34.0 Å². The average molecular weight is 820 g/mol. The van der Waals surface area contributed by atoms with Gasteiger partial charge in [0.15, 0.2) is 0 Å². The molecule has 3 atom stereocenters. The van der Waals surface area contributed by atoms with Crippen LogP contribution in [0.15, 0.2) is 0 Å². The van der Waals surface area contributed by atoms with Crippen molar-refractivity contribution in [3.63, 3.8) is 0 Å². The lowest BCUT2D eigenvalue weighted by molar-refractivity contribution is -0.243. The second kappa shape index (κ2) is 18.0. The van der Waals surface area contributed by atoms with E-state index in [1.54, 1.807) is 0 Å². The molecule has 0 bridgehead atoms. The molecule has 3 aliphatic heterocycles. The van der Waals surface area contributed by atoms with Gasteiger partial charge in [0.25, 0.3) is 0 Å². The lowest BCUT2D eigenvalue weighted by atomic mass is 9.35. The summed E-state index contributed by atoms with van der Waals surface area (Å²) in [5, 5.41) is 59.1. The van der Waals surface area contributed by atoms with Crippen LogP contribution in [0.1, 0.15) is 206 Å². The maximum atomic E-state index is 15.5. The second-order valence-corrected chi connectivity index (χ2v) is 23.2. The molecular formula is C47H85N3O8. The van der Waals surface area contributed by atoms with Crippen LogP contribution in [-0.2, 0) is 19.2 Å². The molecule has 58 heavy (non-hydrogen) atoms. The molecular weight excluding hydrogens is 735 g/mol. The quantitative estimate of drug-likeness (QED) is 0.0547. The largest absolute Gasteiger partial charge is 0.481 e. The van der Waals surface area contributed by atoms with Gasteiger partial charge in [0, 0.05) is 33.2 Å². The number of unbranched alkanes of at least 4 members (excludes halogenated alkanes) is 9. The molecule has 3 unspecified atom stereocenters. The third-order valence-corrected chi connectivity index (χ3v) is 14.4. The Morgan fingerprint density at radius 3 is 1.03 bits per heavy atom. The molecule has 0 spiro atoms. The maximum Gasteiger partial charge on any atom is 0.312 e. The number of carboxylic acid groups (broad SMARTS) is 4. The Morgan fingerprint density at radius 1 is 0.448 bits per heavy atom. The molecule has 0 radical (unpaired) electrons. The van der Waals surface area contributed by atoms with Gasteiger partial charge in [-0.2, -0.15) is 0 Å². The molecule has 11 nitrogen and oxygen atoms in total. The minimum atomic E-state index is -2.55. The topological polar surface area (TPSA) is 185 Å². The highest BCUT2D eigenvalue weighted by Gasteiger charge is 2.81. The van der Waals surface area contributed by atoms with Gasteiger partial charge >= 0.3 is 23.9 Å². The summed E-state index contributed by atoms with van der Waals surface area (Å²) in [6.45, 7) is 25.9. The zero-order valence-corrected chi connectivity index (χ0v) is 38.9. The van der Waals surface area contributed by atoms with Crippen LogP contribution in [0.25, 0.3) is 0 Å². The van der Waals surface area contributed by atoms with E-state index in [1.165, 1.54) is 25.7 Å². The average Bonchev–Trinajstić information content (AvgIpc) is 2.99. The molecule has 7 N–H and O–H groups in total. The fraction of sp³-hybridized carbons (Fsp3) is 0.915. The molecule has 3 saturated heterocycles. The van der Waals surface area contributed by atoms with E-state index < -0.39 is 97.5 Å². The van der Waals surface area contributed by atoms with Crippen molar-refractivity contribution in [2.45, 2.75) is 239 Å². The van der Waals surface area contributed by atoms with Crippen molar-refractivity contribution in [3.8, 4) is 0 Å². The first-order valence-corrected chi connectivity index (χ1v) is 22.7. The summed E-state index contributed by atoms with van der Waals surface area (Å²) in [5.41, 5.74) is -11.3. The van der Waals surface area contributed by atoms with Crippen LogP contribution >= 0.6 is 0 Å². The van der Waals surface area contributed by atoms with Crippen LogP contribution in [0.2, 0.25) is 0 Å². The highest BCUT2D eigenvalue weighted by atomic mass is 16.4. The lowest BCUT2D eigenvalue weighted by Gasteiger charge is -2.67. The summed E-state index contributed by atoms with van der Waals surface area (Å²) in [4.78, 5) is 59.2. The lowest BCUT2D eigenvalue weighted by Crippen LogP contribution is -2.76. The van der Waals surface area contributed by atoms with E-state index in [1.807, 2.05) is 83.1 Å². The molecule has 3 rings (SSSR count). The first-order chi connectivity index (χ1) is 26.4. The van der Waals surface area contributed by atoms with Crippen LogP contribution in [0, 0.1) is 34.0 Å². The van der Waals surface area contributed by atoms with Crippen LogP contribution in [0.4, 0.5) is 0 Å². The molecule has 0 aromatic rings. The van der Waals surface area contributed by atoms with Crippen LogP contribution in [0.3, 0.4) is 0 Å². The molecule has 0 aliphatic carbocycles. The number of carboxylic acids is 4. The van der Waals surface area contributed by atoms with Gasteiger partial charge in [0.1, 0.15) is 5.41 Å². The monoisotopic (exact) mass is 820 g/mol. The van der Waals surface area contributed by atoms with E-state index >= 15 is 9.59 Å². The third-order valence-electron chi connectivity index (χ3n) is 14.4. The first-order valence-electron chi connectivity index (χ1n) is 22.7. The highest BCUT2D eigenvalue weighted by molar-refractivity contribution is 5.96. The number of hydrogen-bond acceptors (Lipinski definition) is 7. The molecule has 3 fully saturated rings. The zero-order chi connectivity index (χ0) is 44.4. The predicted octanol–water partition coefficient (Wildman–Crippen LogP) is 9.66. The molecule has 336 valence electrons. The number of aliphatic carboxylic acids is 4. The number of piperidine rings is 3.